The van der Waals surface area contributed by atoms with E-state index in [0.717, 1.165) is 25.9 Å². The molecule has 0 saturated carbocycles. The van der Waals surface area contributed by atoms with Crippen molar-refractivity contribution in [1.29, 1.82) is 0 Å². The Morgan fingerprint density at radius 3 is 2.50 bits per heavy atom. The fraction of sp³-hybridized carbons (Fsp3) is 0.900. The highest BCUT2D eigenvalue weighted by atomic mass is 16.1. The molecule has 1 saturated heterocycles. The number of hydrogen-bond acceptors (Lipinski definition) is 3. The Balaban J connectivity index is 2.27. The lowest BCUT2D eigenvalue weighted by molar-refractivity contribution is -0.119. The zero-order valence-corrected chi connectivity index (χ0v) is 8.91. The number of hydrogen-bond donors (Lipinski definition) is 2. The van der Waals surface area contributed by atoms with Crippen LogP contribution in [0.4, 0.5) is 0 Å². The first-order chi connectivity index (χ1) is 6.63. The molecule has 14 heavy (non-hydrogen) atoms. The highest BCUT2D eigenvalue weighted by Gasteiger charge is 2.22. The van der Waals surface area contributed by atoms with Gasteiger partial charge in [-0.15, -0.1) is 0 Å². The molecule has 4 nitrogen and oxygen atoms in total. The summed E-state index contributed by atoms with van der Waals surface area (Å²) in [6.07, 6.45) is 2.70. The number of carbonyl (C=O) groups excluding carboxylic acids is 1. The molecule has 1 aliphatic rings. The van der Waals surface area contributed by atoms with E-state index >= 15 is 0 Å². The molecule has 0 aliphatic carbocycles. The van der Waals surface area contributed by atoms with Crippen molar-refractivity contribution in [2.45, 2.75) is 32.2 Å². The van der Waals surface area contributed by atoms with Crippen LogP contribution in [-0.2, 0) is 4.79 Å². The summed E-state index contributed by atoms with van der Waals surface area (Å²) in [4.78, 5) is 13.1. The van der Waals surface area contributed by atoms with Gasteiger partial charge in [0.25, 0.3) is 0 Å². The first kappa shape index (κ1) is 11.5. The van der Waals surface area contributed by atoms with Crippen molar-refractivity contribution in [2.75, 3.05) is 19.6 Å². The number of rotatable bonds is 4. The van der Waals surface area contributed by atoms with Crippen LogP contribution in [0.5, 0.6) is 0 Å². The van der Waals surface area contributed by atoms with E-state index in [4.69, 9.17) is 11.5 Å². The van der Waals surface area contributed by atoms with Crippen LogP contribution in [0.1, 0.15) is 26.2 Å². The fourth-order valence-electron chi connectivity index (χ4n) is 2.03. The summed E-state index contributed by atoms with van der Waals surface area (Å²) in [5, 5.41) is 0. The van der Waals surface area contributed by atoms with Crippen molar-refractivity contribution in [3.05, 3.63) is 0 Å². The molecule has 0 radical (unpaired) electrons. The molecule has 0 bridgehead atoms. The summed E-state index contributed by atoms with van der Waals surface area (Å²) in [5.41, 5.74) is 10.8. The first-order valence-electron chi connectivity index (χ1n) is 5.36. The Bertz CT molecular complexity index is 188. The molecule has 0 aromatic rings. The molecule has 1 atom stereocenters. The van der Waals surface area contributed by atoms with Crippen LogP contribution in [0.2, 0.25) is 0 Å². The van der Waals surface area contributed by atoms with Crippen LogP contribution in [0.15, 0.2) is 0 Å². The van der Waals surface area contributed by atoms with E-state index in [9.17, 15) is 4.79 Å². The van der Waals surface area contributed by atoms with E-state index in [-0.39, 0.29) is 5.91 Å². The van der Waals surface area contributed by atoms with Gasteiger partial charge < -0.3 is 11.5 Å². The quantitative estimate of drug-likeness (QED) is 0.665. The molecule has 1 heterocycles. The Hall–Kier alpha value is -0.610. The lowest BCUT2D eigenvalue weighted by Gasteiger charge is -2.35. The van der Waals surface area contributed by atoms with Crippen LogP contribution in [0, 0.1) is 5.92 Å². The molecule has 4 heteroatoms. The SMILES string of the molecule is CC(CN)N1CCC(CC(N)=O)CC1. The molecule has 82 valence electrons. The summed E-state index contributed by atoms with van der Waals surface area (Å²) in [7, 11) is 0. The average molecular weight is 199 g/mol. The van der Waals surface area contributed by atoms with Gasteiger partial charge in [0.15, 0.2) is 0 Å². The maximum Gasteiger partial charge on any atom is 0.217 e. The largest absolute Gasteiger partial charge is 0.370 e. The van der Waals surface area contributed by atoms with Crippen LogP contribution >= 0.6 is 0 Å². The van der Waals surface area contributed by atoms with Crippen LogP contribution in [0.25, 0.3) is 0 Å². The third kappa shape index (κ3) is 3.27. The monoisotopic (exact) mass is 199 g/mol. The third-order valence-corrected chi connectivity index (χ3v) is 3.10. The van der Waals surface area contributed by atoms with E-state index in [1.54, 1.807) is 0 Å². The summed E-state index contributed by atoms with van der Waals surface area (Å²) in [6.45, 7) is 4.96. The number of amides is 1. The van der Waals surface area contributed by atoms with Crippen molar-refractivity contribution in [3.8, 4) is 0 Å². The molecule has 1 unspecified atom stereocenters. The normalized spacial score (nSPS) is 22.1. The molecule has 1 fully saturated rings. The van der Waals surface area contributed by atoms with Gasteiger partial charge >= 0.3 is 0 Å². The van der Waals surface area contributed by atoms with Gasteiger partial charge in [-0.05, 0) is 38.8 Å². The number of nitrogens with two attached hydrogens (primary N) is 2. The first-order valence-corrected chi connectivity index (χ1v) is 5.36. The van der Waals surface area contributed by atoms with Gasteiger partial charge in [-0.25, -0.2) is 0 Å². The van der Waals surface area contributed by atoms with E-state index in [0.29, 0.717) is 24.9 Å². The molecular formula is C10H21N3O. The van der Waals surface area contributed by atoms with Gasteiger partial charge in [-0.1, -0.05) is 0 Å². The Morgan fingerprint density at radius 1 is 1.50 bits per heavy atom. The molecule has 1 amide bonds. The van der Waals surface area contributed by atoms with Gasteiger partial charge in [-0.3, -0.25) is 9.69 Å². The van der Waals surface area contributed by atoms with Gasteiger partial charge in [0, 0.05) is 19.0 Å². The Morgan fingerprint density at radius 2 is 2.07 bits per heavy atom. The average Bonchev–Trinajstić information content (AvgIpc) is 2.17. The highest BCUT2D eigenvalue weighted by Crippen LogP contribution is 2.21. The highest BCUT2D eigenvalue weighted by molar-refractivity contribution is 5.73. The molecule has 1 aliphatic heterocycles. The van der Waals surface area contributed by atoms with Crippen molar-refractivity contribution >= 4 is 5.91 Å². The Kier molecular flexibility index (Phi) is 4.35. The predicted octanol–water partition coefficient (Wildman–Crippen LogP) is -0.0790. The molecular weight excluding hydrogens is 178 g/mol. The zero-order valence-electron chi connectivity index (χ0n) is 8.91. The van der Waals surface area contributed by atoms with Crippen molar-refractivity contribution < 1.29 is 4.79 Å². The second-order valence-corrected chi connectivity index (χ2v) is 4.23. The fourth-order valence-corrected chi connectivity index (χ4v) is 2.03. The molecule has 1 rings (SSSR count). The minimum Gasteiger partial charge on any atom is -0.370 e. The number of primary amides is 1. The second-order valence-electron chi connectivity index (χ2n) is 4.23. The number of nitrogens with zero attached hydrogens (tertiary/aromatic N) is 1. The summed E-state index contributed by atoms with van der Waals surface area (Å²) in [6, 6.07) is 0.463. The van der Waals surface area contributed by atoms with Crippen molar-refractivity contribution in [2.24, 2.45) is 17.4 Å². The minimum atomic E-state index is -0.171. The maximum absolute atomic E-state index is 10.7. The minimum absolute atomic E-state index is 0.171. The predicted molar refractivity (Wildman–Crippen MR) is 56.6 cm³/mol. The smallest absolute Gasteiger partial charge is 0.217 e. The lowest BCUT2D eigenvalue weighted by Crippen LogP contribution is -2.43. The van der Waals surface area contributed by atoms with E-state index in [1.165, 1.54) is 0 Å². The maximum atomic E-state index is 10.7. The van der Waals surface area contributed by atoms with Crippen molar-refractivity contribution in [3.63, 3.8) is 0 Å². The van der Waals surface area contributed by atoms with Crippen LogP contribution in [0.3, 0.4) is 0 Å². The van der Waals surface area contributed by atoms with Crippen LogP contribution in [-0.4, -0.2) is 36.5 Å². The molecule has 4 N–H and O–H groups in total. The second kappa shape index (κ2) is 5.32. The van der Waals surface area contributed by atoms with E-state index < -0.39 is 0 Å². The standard InChI is InChI=1S/C10H21N3O/c1-8(7-11)13-4-2-9(3-5-13)6-10(12)14/h8-9H,2-7,11H2,1H3,(H2,12,14). The van der Waals surface area contributed by atoms with Gasteiger partial charge in [0.05, 0.1) is 0 Å². The lowest BCUT2D eigenvalue weighted by atomic mass is 9.92. The summed E-state index contributed by atoms with van der Waals surface area (Å²) < 4.78 is 0. The topological polar surface area (TPSA) is 72.3 Å². The van der Waals surface area contributed by atoms with Gasteiger partial charge in [-0.2, -0.15) is 0 Å². The summed E-state index contributed by atoms with van der Waals surface area (Å²) >= 11 is 0. The molecule has 0 aromatic heterocycles. The summed E-state index contributed by atoms with van der Waals surface area (Å²) in [5.74, 6) is 0.323. The van der Waals surface area contributed by atoms with E-state index in [1.807, 2.05) is 0 Å². The zero-order chi connectivity index (χ0) is 10.6. The van der Waals surface area contributed by atoms with Crippen molar-refractivity contribution in [1.82, 2.24) is 4.90 Å². The Labute approximate surface area is 85.6 Å². The number of likely N-dealkylation sites (tertiary alicyclic amines) is 1. The molecule has 0 spiro atoms. The van der Waals surface area contributed by atoms with Gasteiger partial charge in [0.1, 0.15) is 0 Å². The number of carbonyl (C=O) groups is 1. The molecule has 0 aromatic carbocycles. The third-order valence-electron chi connectivity index (χ3n) is 3.10. The van der Waals surface area contributed by atoms with E-state index in [2.05, 4.69) is 11.8 Å². The number of piperidine rings is 1. The van der Waals surface area contributed by atoms with Crippen LogP contribution < -0.4 is 11.5 Å². The van der Waals surface area contributed by atoms with Gasteiger partial charge in [0.2, 0.25) is 5.91 Å².